The van der Waals surface area contributed by atoms with Crippen LogP contribution >= 0.6 is 0 Å². The Labute approximate surface area is 237 Å². The van der Waals surface area contributed by atoms with Crippen molar-refractivity contribution in [3.63, 3.8) is 0 Å². The first-order valence-electron chi connectivity index (χ1n) is 13.3. The van der Waals surface area contributed by atoms with Crippen molar-refractivity contribution in [2.24, 2.45) is 5.92 Å². The molecule has 4 amide bonds. The van der Waals surface area contributed by atoms with Gasteiger partial charge < -0.3 is 31.1 Å². The van der Waals surface area contributed by atoms with Crippen LogP contribution in [0.4, 0.5) is 0 Å². The van der Waals surface area contributed by atoms with Crippen LogP contribution in [-0.4, -0.2) is 51.8 Å². The van der Waals surface area contributed by atoms with Crippen LogP contribution < -0.4 is 26.0 Å². The van der Waals surface area contributed by atoms with Crippen LogP contribution in [0, 0.1) is 5.92 Å². The monoisotopic (exact) mass is 559 g/mol. The molecule has 3 heterocycles. The number of carbonyl (C=O) groups excluding carboxylic acids is 4. The number of amides is 4. The zero-order valence-electron chi connectivity index (χ0n) is 23.0. The Morgan fingerprint density at radius 1 is 1.00 bits per heavy atom. The third-order valence-electron chi connectivity index (χ3n) is 6.60. The Morgan fingerprint density at radius 2 is 1.73 bits per heavy atom. The van der Waals surface area contributed by atoms with Gasteiger partial charge in [-0.15, -0.1) is 0 Å². The minimum Gasteiger partial charge on any atom is -0.507 e. The van der Waals surface area contributed by atoms with E-state index in [0.29, 0.717) is 17.2 Å². The lowest BCUT2D eigenvalue weighted by atomic mass is 10.0. The van der Waals surface area contributed by atoms with Gasteiger partial charge in [-0.25, -0.2) is 0 Å². The number of hydrogen-bond donors (Lipinski definition) is 5. The number of nitrogens with one attached hydrogen (secondary N) is 4. The second-order valence-corrected chi connectivity index (χ2v) is 10.2. The minimum absolute atomic E-state index is 0.0657. The molecule has 1 aromatic heterocycles. The largest absolute Gasteiger partial charge is 0.507 e. The number of fused-ring (bicyclic) bond motifs is 11. The van der Waals surface area contributed by atoms with Crippen LogP contribution in [0.25, 0.3) is 0 Å². The van der Waals surface area contributed by atoms with E-state index in [1.807, 2.05) is 6.07 Å². The highest BCUT2D eigenvalue weighted by Crippen LogP contribution is 2.28. The van der Waals surface area contributed by atoms with Gasteiger partial charge in [-0.3, -0.25) is 24.2 Å². The number of pyridine rings is 1. The third kappa shape index (κ3) is 7.59. The average molecular weight is 560 g/mol. The normalized spacial score (nSPS) is 19.7. The van der Waals surface area contributed by atoms with Gasteiger partial charge in [0.15, 0.2) is 0 Å². The molecule has 0 unspecified atom stereocenters. The Balaban J connectivity index is 1.64. The van der Waals surface area contributed by atoms with E-state index in [2.05, 4.69) is 26.3 Å². The van der Waals surface area contributed by atoms with Crippen LogP contribution in [-0.2, 0) is 27.3 Å². The molecule has 3 atom stereocenters. The first-order valence-corrected chi connectivity index (χ1v) is 13.3. The maximum atomic E-state index is 13.2. The summed E-state index contributed by atoms with van der Waals surface area (Å²) in [4.78, 5) is 56.7. The van der Waals surface area contributed by atoms with E-state index in [9.17, 15) is 24.3 Å². The number of carbonyl (C=O) groups is 4. The average Bonchev–Trinajstić information content (AvgIpc) is 2.95. The van der Waals surface area contributed by atoms with Crippen LogP contribution in [0.1, 0.15) is 42.4 Å². The first-order chi connectivity index (χ1) is 19.6. The van der Waals surface area contributed by atoms with Gasteiger partial charge in [0.05, 0.1) is 17.8 Å². The number of ether oxygens (including phenoxy) is 1. The summed E-state index contributed by atoms with van der Waals surface area (Å²) < 4.78 is 5.88. The molecule has 41 heavy (non-hydrogen) atoms. The standard InChI is InChI=1S/C30H33N5O6/c1-17(2)26-30(40)33-18(3)27(37)34-24(29(39)32-16-20-6-4-5-13-31-20)14-19-7-9-21(10-8-19)41-22-11-12-25(36)23(15-22)28(38)35-26/h4-13,15,17-18,24,26,36H,14,16H2,1-3H3,(H,32,39)(H,33,40)(H,34,37)(H,35,38)/t18-,24-,26-/m0/s1. The molecule has 2 aliphatic heterocycles. The van der Waals surface area contributed by atoms with Crippen LogP contribution in [0.3, 0.4) is 0 Å². The van der Waals surface area contributed by atoms with Crippen molar-refractivity contribution in [3.8, 4) is 17.2 Å². The van der Waals surface area contributed by atoms with Gasteiger partial charge in [-0.1, -0.05) is 32.0 Å². The number of phenols is 1. The number of aromatic hydroxyl groups is 1. The SMILES string of the molecule is CC(C)[C@@H]1NC(=O)c2cc(ccc2O)Oc2ccc(cc2)C[C@@H](C(=O)NCc2ccccn2)NC(=O)[C@H](C)NC1=O. The van der Waals surface area contributed by atoms with Crippen LogP contribution in [0.15, 0.2) is 66.9 Å². The van der Waals surface area contributed by atoms with Gasteiger partial charge in [0.25, 0.3) is 5.91 Å². The zero-order valence-corrected chi connectivity index (χ0v) is 23.0. The molecule has 0 radical (unpaired) electrons. The molecule has 0 aliphatic carbocycles. The highest BCUT2D eigenvalue weighted by Gasteiger charge is 2.30. The van der Waals surface area contributed by atoms with Crippen molar-refractivity contribution in [2.75, 3.05) is 0 Å². The summed E-state index contributed by atoms with van der Waals surface area (Å²) in [5.41, 5.74) is 1.34. The Kier molecular flexibility index (Phi) is 9.18. The lowest BCUT2D eigenvalue weighted by Gasteiger charge is -2.25. The van der Waals surface area contributed by atoms with Crippen molar-refractivity contribution in [2.45, 2.75) is 51.9 Å². The molecule has 5 rings (SSSR count). The summed E-state index contributed by atoms with van der Waals surface area (Å²) in [5, 5.41) is 21.1. The second-order valence-electron chi connectivity index (χ2n) is 10.2. The fourth-order valence-electron chi connectivity index (χ4n) is 4.26. The number of aromatic nitrogens is 1. The van der Waals surface area contributed by atoms with E-state index in [-0.39, 0.29) is 30.2 Å². The Morgan fingerprint density at radius 3 is 2.41 bits per heavy atom. The summed E-state index contributed by atoms with van der Waals surface area (Å²) in [5.74, 6) is -2.11. The van der Waals surface area contributed by atoms with E-state index in [0.717, 1.165) is 5.56 Å². The summed E-state index contributed by atoms with van der Waals surface area (Å²) in [6, 6.07) is 13.6. The van der Waals surface area contributed by atoms with Gasteiger partial charge in [-0.05, 0) is 60.9 Å². The van der Waals surface area contributed by atoms with E-state index in [1.54, 1.807) is 56.4 Å². The maximum Gasteiger partial charge on any atom is 0.255 e. The fourth-order valence-corrected chi connectivity index (χ4v) is 4.26. The van der Waals surface area contributed by atoms with Crippen molar-refractivity contribution in [1.82, 2.24) is 26.3 Å². The summed E-state index contributed by atoms with van der Waals surface area (Å²) in [6.07, 6.45) is 1.80. The first kappa shape index (κ1) is 29.1. The zero-order chi connectivity index (χ0) is 29.5. The van der Waals surface area contributed by atoms with Crippen molar-refractivity contribution in [3.05, 3.63) is 83.7 Å². The van der Waals surface area contributed by atoms with Crippen molar-refractivity contribution < 1.29 is 29.0 Å². The molecule has 0 saturated carbocycles. The van der Waals surface area contributed by atoms with Gasteiger partial charge in [-0.2, -0.15) is 0 Å². The summed E-state index contributed by atoms with van der Waals surface area (Å²) in [6.45, 7) is 5.16. The molecule has 3 aromatic rings. The van der Waals surface area contributed by atoms with Crippen molar-refractivity contribution in [1.29, 1.82) is 0 Å². The second kappa shape index (κ2) is 12.9. The highest BCUT2D eigenvalue weighted by molar-refractivity contribution is 6.00. The molecule has 4 bridgehead atoms. The highest BCUT2D eigenvalue weighted by atomic mass is 16.5. The lowest BCUT2D eigenvalue weighted by Crippen LogP contribution is -2.57. The molecule has 11 heteroatoms. The van der Waals surface area contributed by atoms with E-state index in [1.165, 1.54) is 25.1 Å². The third-order valence-corrected chi connectivity index (χ3v) is 6.60. The smallest absolute Gasteiger partial charge is 0.255 e. The molecule has 0 fully saturated rings. The molecule has 2 aliphatic rings. The van der Waals surface area contributed by atoms with Gasteiger partial charge in [0.2, 0.25) is 17.7 Å². The molecule has 2 aromatic carbocycles. The van der Waals surface area contributed by atoms with E-state index >= 15 is 0 Å². The van der Waals surface area contributed by atoms with E-state index < -0.39 is 41.8 Å². The number of benzene rings is 2. The molecule has 5 N–H and O–H groups in total. The quantitative estimate of drug-likeness (QED) is 0.307. The fraction of sp³-hybridized carbons (Fsp3) is 0.300. The molecule has 214 valence electrons. The Hall–Kier alpha value is -4.93. The van der Waals surface area contributed by atoms with Crippen LogP contribution in [0.2, 0.25) is 0 Å². The predicted molar refractivity (Wildman–Crippen MR) is 150 cm³/mol. The predicted octanol–water partition coefficient (Wildman–Crippen LogP) is 2.20. The molecule has 0 spiro atoms. The van der Waals surface area contributed by atoms with Gasteiger partial charge in [0, 0.05) is 12.6 Å². The van der Waals surface area contributed by atoms with Gasteiger partial charge >= 0.3 is 0 Å². The number of rotatable bonds is 4. The summed E-state index contributed by atoms with van der Waals surface area (Å²) in [7, 11) is 0. The lowest BCUT2D eigenvalue weighted by molar-refractivity contribution is -0.132. The molecular formula is C30H33N5O6. The minimum atomic E-state index is -1.02. The maximum absolute atomic E-state index is 13.2. The number of hydrogen-bond acceptors (Lipinski definition) is 7. The number of nitrogens with zero attached hydrogens (tertiary/aromatic N) is 1. The summed E-state index contributed by atoms with van der Waals surface area (Å²) >= 11 is 0. The van der Waals surface area contributed by atoms with E-state index in [4.69, 9.17) is 4.74 Å². The molecule has 0 saturated heterocycles. The van der Waals surface area contributed by atoms with Gasteiger partial charge in [0.1, 0.15) is 35.4 Å². The molecular weight excluding hydrogens is 526 g/mol. The number of phenolic OH excluding ortho intramolecular Hbond substituents is 1. The van der Waals surface area contributed by atoms with Crippen molar-refractivity contribution >= 4 is 23.6 Å². The van der Waals surface area contributed by atoms with Crippen LogP contribution in [0.5, 0.6) is 17.2 Å². The Bertz CT molecular complexity index is 1410. The topological polar surface area (TPSA) is 159 Å². The molecule has 11 nitrogen and oxygen atoms in total.